The molecular weight excluding hydrogens is 330 g/mol. The van der Waals surface area contributed by atoms with Crippen molar-refractivity contribution >= 4 is 21.7 Å². The van der Waals surface area contributed by atoms with Gasteiger partial charge in [-0.2, -0.15) is 0 Å². The molecule has 1 amide bonds. The summed E-state index contributed by atoms with van der Waals surface area (Å²) in [5.74, 6) is -2.05. The Kier molecular flexibility index (Phi) is 5.32. The molecule has 0 heterocycles. The normalized spacial score (nSPS) is 24.3. The van der Waals surface area contributed by atoms with Gasteiger partial charge in [-0.1, -0.05) is 25.8 Å². The molecule has 2 N–H and O–H groups in total. The van der Waals surface area contributed by atoms with E-state index < -0.39 is 33.2 Å². The number of carbonyl (C=O) groups excluding carboxylic acids is 1. The number of hydrogen-bond donors (Lipinski definition) is 2. The minimum Gasteiger partial charge on any atom is -0.481 e. The Balaban J connectivity index is 2.26. The van der Waals surface area contributed by atoms with Crippen LogP contribution in [-0.2, 0) is 14.6 Å². The number of rotatable bonds is 5. The summed E-state index contributed by atoms with van der Waals surface area (Å²) in [6.07, 6.45) is 2.79. The van der Waals surface area contributed by atoms with Crippen LogP contribution >= 0.6 is 0 Å². The Morgan fingerprint density at radius 3 is 2.67 bits per heavy atom. The van der Waals surface area contributed by atoms with Gasteiger partial charge in [-0.3, -0.25) is 9.59 Å². The van der Waals surface area contributed by atoms with Crippen LogP contribution < -0.4 is 5.32 Å². The smallest absolute Gasteiger partial charge is 0.308 e. The first-order chi connectivity index (χ1) is 11.2. The summed E-state index contributed by atoms with van der Waals surface area (Å²) >= 11 is 0. The molecule has 2 atom stereocenters. The van der Waals surface area contributed by atoms with Crippen molar-refractivity contribution in [2.24, 2.45) is 5.92 Å². The fraction of sp³-hybridized carbons (Fsp3) is 0.529. The lowest BCUT2D eigenvalue weighted by Gasteiger charge is -2.39. The first-order valence-electron chi connectivity index (χ1n) is 8.08. The van der Waals surface area contributed by atoms with Crippen molar-refractivity contribution in [2.75, 3.05) is 5.75 Å². The summed E-state index contributed by atoms with van der Waals surface area (Å²) in [6, 6.07) is 5.86. The van der Waals surface area contributed by atoms with Crippen LogP contribution in [-0.4, -0.2) is 36.7 Å². The highest BCUT2D eigenvalue weighted by molar-refractivity contribution is 7.91. The van der Waals surface area contributed by atoms with Crippen LogP contribution in [0.5, 0.6) is 0 Å². The maximum atomic E-state index is 12.6. The fourth-order valence-electron chi connectivity index (χ4n) is 3.21. The maximum absolute atomic E-state index is 12.6. The van der Waals surface area contributed by atoms with Crippen LogP contribution in [0.2, 0.25) is 0 Å². The van der Waals surface area contributed by atoms with Gasteiger partial charge in [0.25, 0.3) is 5.91 Å². The Hall–Kier alpha value is -1.89. The van der Waals surface area contributed by atoms with Crippen LogP contribution in [0.3, 0.4) is 0 Å². The topological polar surface area (TPSA) is 101 Å². The van der Waals surface area contributed by atoms with Crippen LogP contribution in [0.15, 0.2) is 29.2 Å². The van der Waals surface area contributed by atoms with Gasteiger partial charge in [-0.25, -0.2) is 8.42 Å². The Labute approximate surface area is 142 Å². The standard InChI is InChI=1S/C17H23NO5S/c1-3-24(22,23)13-8-6-7-12(11-13)15(19)18-17(2)10-5-4-9-14(17)16(20)21/h6-8,11,14H,3-5,9-10H2,1-2H3,(H,18,19)(H,20,21). The van der Waals surface area contributed by atoms with E-state index in [-0.39, 0.29) is 16.2 Å². The zero-order chi connectivity index (χ0) is 18.0. The molecule has 0 aromatic heterocycles. The van der Waals surface area contributed by atoms with E-state index in [2.05, 4.69) is 5.32 Å². The molecule has 1 aliphatic rings. The molecule has 0 aliphatic heterocycles. The molecule has 132 valence electrons. The van der Waals surface area contributed by atoms with E-state index in [0.717, 1.165) is 12.8 Å². The molecule has 0 saturated heterocycles. The second kappa shape index (κ2) is 6.93. The molecule has 2 unspecified atom stereocenters. The molecule has 7 heteroatoms. The molecular formula is C17H23NO5S. The number of carboxylic acids is 1. The van der Waals surface area contributed by atoms with Gasteiger partial charge in [0.1, 0.15) is 0 Å². The van der Waals surface area contributed by atoms with Gasteiger partial charge < -0.3 is 10.4 Å². The van der Waals surface area contributed by atoms with E-state index in [4.69, 9.17) is 0 Å². The highest BCUT2D eigenvalue weighted by Crippen LogP contribution is 2.34. The molecule has 1 aliphatic carbocycles. The third kappa shape index (κ3) is 3.77. The lowest BCUT2D eigenvalue weighted by atomic mass is 9.73. The minimum absolute atomic E-state index is 0.0448. The van der Waals surface area contributed by atoms with Gasteiger partial charge in [0.2, 0.25) is 0 Å². The van der Waals surface area contributed by atoms with Gasteiger partial charge in [0.05, 0.1) is 22.1 Å². The molecule has 1 aromatic carbocycles. The Morgan fingerprint density at radius 2 is 2.04 bits per heavy atom. The van der Waals surface area contributed by atoms with E-state index in [1.54, 1.807) is 13.8 Å². The quantitative estimate of drug-likeness (QED) is 0.845. The monoisotopic (exact) mass is 353 g/mol. The van der Waals surface area contributed by atoms with Crippen molar-refractivity contribution in [1.82, 2.24) is 5.32 Å². The number of carboxylic acid groups (broad SMARTS) is 1. The summed E-state index contributed by atoms with van der Waals surface area (Å²) in [4.78, 5) is 24.1. The number of aliphatic carboxylic acids is 1. The van der Waals surface area contributed by atoms with Gasteiger partial charge in [0, 0.05) is 5.56 Å². The predicted octanol–water partition coefficient (Wildman–Crippen LogP) is 2.24. The lowest BCUT2D eigenvalue weighted by Crippen LogP contribution is -2.55. The van der Waals surface area contributed by atoms with E-state index in [9.17, 15) is 23.1 Å². The van der Waals surface area contributed by atoms with Crippen LogP contribution in [0.25, 0.3) is 0 Å². The number of benzene rings is 1. The average molecular weight is 353 g/mol. The first kappa shape index (κ1) is 18.4. The second-order valence-corrected chi connectivity index (χ2v) is 8.72. The SMILES string of the molecule is CCS(=O)(=O)c1cccc(C(=O)NC2(C)CCCCC2C(=O)O)c1. The molecule has 24 heavy (non-hydrogen) atoms. The summed E-state index contributed by atoms with van der Waals surface area (Å²) in [5, 5.41) is 12.2. The third-order valence-electron chi connectivity index (χ3n) is 4.74. The molecule has 1 saturated carbocycles. The molecule has 0 bridgehead atoms. The number of carbonyl (C=O) groups is 2. The van der Waals surface area contributed by atoms with Crippen molar-refractivity contribution < 1.29 is 23.1 Å². The van der Waals surface area contributed by atoms with E-state index in [1.807, 2.05) is 0 Å². The Bertz CT molecular complexity index is 743. The van der Waals surface area contributed by atoms with Crippen molar-refractivity contribution in [1.29, 1.82) is 0 Å². The van der Waals surface area contributed by atoms with E-state index in [0.29, 0.717) is 12.8 Å². The first-order valence-corrected chi connectivity index (χ1v) is 9.73. The van der Waals surface area contributed by atoms with Gasteiger partial charge in [-0.05, 0) is 38.0 Å². The predicted molar refractivity (Wildman–Crippen MR) is 89.6 cm³/mol. The molecule has 0 spiro atoms. The molecule has 1 aromatic rings. The van der Waals surface area contributed by atoms with Gasteiger partial charge in [-0.15, -0.1) is 0 Å². The number of nitrogens with one attached hydrogen (secondary N) is 1. The highest BCUT2D eigenvalue weighted by Gasteiger charge is 2.42. The summed E-state index contributed by atoms with van der Waals surface area (Å²) in [7, 11) is -3.40. The highest BCUT2D eigenvalue weighted by atomic mass is 32.2. The third-order valence-corrected chi connectivity index (χ3v) is 6.47. The largest absolute Gasteiger partial charge is 0.481 e. The number of hydrogen-bond acceptors (Lipinski definition) is 4. The molecule has 0 radical (unpaired) electrons. The Morgan fingerprint density at radius 1 is 1.33 bits per heavy atom. The zero-order valence-electron chi connectivity index (χ0n) is 13.9. The molecule has 1 fully saturated rings. The summed E-state index contributed by atoms with van der Waals surface area (Å²) in [5.41, 5.74) is -0.610. The van der Waals surface area contributed by atoms with Gasteiger partial charge >= 0.3 is 5.97 Å². The van der Waals surface area contributed by atoms with E-state index >= 15 is 0 Å². The lowest BCUT2D eigenvalue weighted by molar-refractivity contribution is -0.145. The molecule has 2 rings (SSSR count). The summed E-state index contributed by atoms with van der Waals surface area (Å²) in [6.45, 7) is 3.29. The average Bonchev–Trinajstić information content (AvgIpc) is 2.54. The van der Waals surface area contributed by atoms with Crippen LogP contribution in [0.4, 0.5) is 0 Å². The van der Waals surface area contributed by atoms with Crippen LogP contribution in [0.1, 0.15) is 49.9 Å². The van der Waals surface area contributed by atoms with E-state index in [1.165, 1.54) is 24.3 Å². The second-order valence-electron chi connectivity index (χ2n) is 6.44. The summed E-state index contributed by atoms with van der Waals surface area (Å²) < 4.78 is 23.9. The van der Waals surface area contributed by atoms with Gasteiger partial charge in [0.15, 0.2) is 9.84 Å². The fourth-order valence-corrected chi connectivity index (χ4v) is 4.13. The minimum atomic E-state index is -3.40. The molecule has 6 nitrogen and oxygen atoms in total. The number of amides is 1. The van der Waals surface area contributed by atoms with Crippen molar-refractivity contribution in [3.8, 4) is 0 Å². The maximum Gasteiger partial charge on any atom is 0.308 e. The number of sulfone groups is 1. The van der Waals surface area contributed by atoms with Crippen molar-refractivity contribution in [3.05, 3.63) is 29.8 Å². The van der Waals surface area contributed by atoms with Crippen LogP contribution in [0, 0.1) is 5.92 Å². The zero-order valence-corrected chi connectivity index (χ0v) is 14.7. The van der Waals surface area contributed by atoms with Crippen molar-refractivity contribution in [2.45, 2.75) is 50.0 Å². The van der Waals surface area contributed by atoms with Crippen molar-refractivity contribution in [3.63, 3.8) is 0 Å².